The Kier molecular flexibility index (Phi) is 5.58. The molecule has 2 aromatic carbocycles. The van der Waals surface area contributed by atoms with Crippen molar-refractivity contribution in [3.8, 4) is 0 Å². The first-order chi connectivity index (χ1) is 14.8. The van der Waals surface area contributed by atoms with E-state index in [1.54, 1.807) is 62.5 Å². The Bertz CT molecular complexity index is 1380. The summed E-state index contributed by atoms with van der Waals surface area (Å²) in [5.41, 5.74) is 1.70. The standard InChI is InChI=1S/C22H17ClN4O3S/c1-12-17-21(24-11-27(2)22(17)30)31-18(12)20(29)26-16-6-4-3-5-15(16)25-19(28)13-7-9-14(23)10-8-13/h3-11H,1-2H3,(H,25,28)(H,26,29). The minimum Gasteiger partial charge on any atom is -0.320 e. The summed E-state index contributed by atoms with van der Waals surface area (Å²) in [4.78, 5) is 43.1. The molecule has 156 valence electrons. The number of halogens is 1. The number of thiophene rings is 1. The molecule has 0 spiro atoms. The predicted octanol–water partition coefficient (Wildman–Crippen LogP) is 4.46. The Hall–Kier alpha value is -3.49. The van der Waals surface area contributed by atoms with Crippen LogP contribution in [0.15, 0.2) is 59.7 Å². The van der Waals surface area contributed by atoms with Crippen molar-refractivity contribution in [3.63, 3.8) is 0 Å². The monoisotopic (exact) mass is 452 g/mol. The van der Waals surface area contributed by atoms with E-state index < -0.39 is 0 Å². The number of rotatable bonds is 4. The maximum absolute atomic E-state index is 13.0. The fourth-order valence-corrected chi connectivity index (χ4v) is 4.26. The molecule has 31 heavy (non-hydrogen) atoms. The zero-order valence-electron chi connectivity index (χ0n) is 16.6. The van der Waals surface area contributed by atoms with Crippen molar-refractivity contribution < 1.29 is 9.59 Å². The second-order valence-electron chi connectivity index (χ2n) is 6.86. The minimum atomic E-state index is -0.379. The van der Waals surface area contributed by atoms with E-state index >= 15 is 0 Å². The first kappa shape index (κ1) is 20.8. The Morgan fingerprint density at radius 1 is 1.00 bits per heavy atom. The highest BCUT2D eigenvalue weighted by molar-refractivity contribution is 7.20. The molecule has 0 aliphatic rings. The van der Waals surface area contributed by atoms with Gasteiger partial charge in [0.15, 0.2) is 0 Å². The number of para-hydroxylation sites is 2. The molecule has 0 fully saturated rings. The zero-order chi connectivity index (χ0) is 22.1. The molecule has 2 heterocycles. The fraction of sp³-hybridized carbons (Fsp3) is 0.0909. The number of aromatic nitrogens is 2. The molecule has 2 N–H and O–H groups in total. The molecule has 0 radical (unpaired) electrons. The van der Waals surface area contributed by atoms with Crippen molar-refractivity contribution in [2.75, 3.05) is 10.6 Å². The van der Waals surface area contributed by atoms with Gasteiger partial charge in [-0.1, -0.05) is 23.7 Å². The molecule has 4 rings (SSSR count). The van der Waals surface area contributed by atoms with Crippen LogP contribution < -0.4 is 16.2 Å². The molecule has 0 unspecified atom stereocenters. The van der Waals surface area contributed by atoms with Crippen molar-refractivity contribution >= 4 is 56.3 Å². The highest BCUT2D eigenvalue weighted by Crippen LogP contribution is 2.29. The number of anilines is 2. The first-order valence-electron chi connectivity index (χ1n) is 9.27. The summed E-state index contributed by atoms with van der Waals surface area (Å²) in [5, 5.41) is 6.60. The van der Waals surface area contributed by atoms with Crippen LogP contribution in [0.4, 0.5) is 11.4 Å². The number of carbonyl (C=O) groups is 2. The number of aryl methyl sites for hydroxylation is 2. The van der Waals surface area contributed by atoms with E-state index in [1.807, 2.05) is 0 Å². The molecule has 0 bridgehead atoms. The Morgan fingerprint density at radius 2 is 1.61 bits per heavy atom. The summed E-state index contributed by atoms with van der Waals surface area (Å²) in [5.74, 6) is -0.708. The van der Waals surface area contributed by atoms with Crippen LogP contribution in [0.5, 0.6) is 0 Å². The minimum absolute atomic E-state index is 0.201. The molecule has 2 aromatic heterocycles. The summed E-state index contributed by atoms with van der Waals surface area (Å²) in [6, 6.07) is 13.4. The van der Waals surface area contributed by atoms with Gasteiger partial charge in [0.05, 0.1) is 28.0 Å². The second kappa shape index (κ2) is 8.33. The van der Waals surface area contributed by atoms with Gasteiger partial charge in [0.1, 0.15) is 4.83 Å². The number of fused-ring (bicyclic) bond motifs is 1. The highest BCUT2D eigenvalue weighted by atomic mass is 35.5. The molecule has 7 nitrogen and oxygen atoms in total. The number of amides is 2. The van der Waals surface area contributed by atoms with Gasteiger partial charge in [0.2, 0.25) is 0 Å². The van der Waals surface area contributed by atoms with Crippen molar-refractivity contribution in [2.24, 2.45) is 7.05 Å². The number of nitrogens with zero attached hydrogens (tertiary/aromatic N) is 2. The van der Waals surface area contributed by atoms with Crippen LogP contribution in [-0.2, 0) is 7.05 Å². The number of nitrogens with one attached hydrogen (secondary N) is 2. The van der Waals surface area contributed by atoms with Crippen LogP contribution in [0, 0.1) is 6.92 Å². The van der Waals surface area contributed by atoms with Crippen LogP contribution in [-0.4, -0.2) is 21.4 Å². The first-order valence-corrected chi connectivity index (χ1v) is 10.5. The molecule has 0 saturated heterocycles. The summed E-state index contributed by atoms with van der Waals surface area (Å²) in [6.45, 7) is 1.73. The average molecular weight is 453 g/mol. The third kappa shape index (κ3) is 4.08. The molecule has 4 aromatic rings. The third-order valence-electron chi connectivity index (χ3n) is 4.75. The third-order valence-corrected chi connectivity index (χ3v) is 6.20. The lowest BCUT2D eigenvalue weighted by molar-refractivity contribution is 0.101. The van der Waals surface area contributed by atoms with E-state index in [0.717, 1.165) is 11.3 Å². The SMILES string of the molecule is Cc1c(C(=O)Nc2ccccc2NC(=O)c2ccc(Cl)cc2)sc2ncn(C)c(=O)c12. The lowest BCUT2D eigenvalue weighted by atomic mass is 10.2. The summed E-state index contributed by atoms with van der Waals surface area (Å²) in [6.07, 6.45) is 1.43. The van der Waals surface area contributed by atoms with Gasteiger partial charge in [-0.05, 0) is 48.9 Å². The van der Waals surface area contributed by atoms with E-state index in [9.17, 15) is 14.4 Å². The molecule has 2 amide bonds. The van der Waals surface area contributed by atoms with Crippen molar-refractivity contribution in [1.29, 1.82) is 0 Å². The van der Waals surface area contributed by atoms with E-state index in [4.69, 9.17) is 11.6 Å². The molecule has 9 heteroatoms. The average Bonchev–Trinajstić information content (AvgIpc) is 3.10. The van der Waals surface area contributed by atoms with Crippen molar-refractivity contribution in [3.05, 3.63) is 86.2 Å². The molecule has 0 aliphatic heterocycles. The van der Waals surface area contributed by atoms with Crippen molar-refractivity contribution in [1.82, 2.24) is 9.55 Å². The number of carbonyl (C=O) groups excluding carboxylic acids is 2. The van der Waals surface area contributed by atoms with E-state index in [0.29, 0.717) is 42.6 Å². The lowest BCUT2D eigenvalue weighted by Gasteiger charge is -2.12. The van der Waals surface area contributed by atoms with E-state index in [1.165, 1.54) is 10.9 Å². The summed E-state index contributed by atoms with van der Waals surface area (Å²) >= 11 is 7.03. The Balaban J connectivity index is 1.61. The molecule has 0 aliphatic carbocycles. The normalized spacial score (nSPS) is 10.8. The highest BCUT2D eigenvalue weighted by Gasteiger charge is 2.20. The summed E-state index contributed by atoms with van der Waals surface area (Å²) in [7, 11) is 1.62. The van der Waals surface area contributed by atoms with Crippen LogP contribution >= 0.6 is 22.9 Å². The topological polar surface area (TPSA) is 93.1 Å². The van der Waals surface area contributed by atoms with Crippen molar-refractivity contribution in [2.45, 2.75) is 6.92 Å². The Morgan fingerprint density at radius 3 is 2.26 bits per heavy atom. The smallest absolute Gasteiger partial charge is 0.266 e. The van der Waals surface area contributed by atoms with Gasteiger partial charge in [0, 0.05) is 17.6 Å². The number of hydrogen-bond donors (Lipinski definition) is 2. The van der Waals surface area contributed by atoms with Gasteiger partial charge in [-0.3, -0.25) is 14.4 Å². The zero-order valence-corrected chi connectivity index (χ0v) is 18.2. The van der Waals surface area contributed by atoms with Gasteiger partial charge in [-0.2, -0.15) is 0 Å². The Labute approximate surface area is 186 Å². The molecule has 0 saturated carbocycles. The predicted molar refractivity (Wildman–Crippen MR) is 123 cm³/mol. The maximum atomic E-state index is 13.0. The number of hydrogen-bond acceptors (Lipinski definition) is 5. The fourth-order valence-electron chi connectivity index (χ4n) is 3.10. The quantitative estimate of drug-likeness (QED) is 0.478. The number of benzene rings is 2. The van der Waals surface area contributed by atoms with Crippen LogP contribution in [0.25, 0.3) is 10.2 Å². The second-order valence-corrected chi connectivity index (χ2v) is 8.29. The van der Waals surface area contributed by atoms with E-state index in [2.05, 4.69) is 15.6 Å². The van der Waals surface area contributed by atoms with E-state index in [-0.39, 0.29) is 17.4 Å². The summed E-state index contributed by atoms with van der Waals surface area (Å²) < 4.78 is 1.38. The molecular formula is C22H17ClN4O3S. The maximum Gasteiger partial charge on any atom is 0.266 e. The van der Waals surface area contributed by atoms with Gasteiger partial charge >= 0.3 is 0 Å². The van der Waals surface area contributed by atoms with Gasteiger partial charge in [-0.15, -0.1) is 11.3 Å². The molecule has 0 atom stereocenters. The van der Waals surface area contributed by atoms with Crippen LogP contribution in [0.1, 0.15) is 25.6 Å². The van der Waals surface area contributed by atoms with Crippen LogP contribution in [0.3, 0.4) is 0 Å². The molecular weight excluding hydrogens is 436 g/mol. The lowest BCUT2D eigenvalue weighted by Crippen LogP contribution is -2.18. The van der Waals surface area contributed by atoms with Crippen LogP contribution in [0.2, 0.25) is 5.02 Å². The van der Waals surface area contributed by atoms with Gasteiger partial charge < -0.3 is 15.2 Å². The van der Waals surface area contributed by atoms with Gasteiger partial charge in [0.25, 0.3) is 17.4 Å². The largest absolute Gasteiger partial charge is 0.320 e. The van der Waals surface area contributed by atoms with Gasteiger partial charge in [-0.25, -0.2) is 4.98 Å².